The van der Waals surface area contributed by atoms with Crippen molar-refractivity contribution >= 4 is 28.9 Å². The average molecular weight is 345 g/mol. The van der Waals surface area contributed by atoms with Gasteiger partial charge in [-0.15, -0.1) is 0 Å². The van der Waals surface area contributed by atoms with E-state index in [1.54, 1.807) is 0 Å². The Kier molecular flexibility index (Phi) is 3.16. The zero-order valence-corrected chi connectivity index (χ0v) is 14.3. The number of fused-ring (bicyclic) bond motifs is 3. The lowest BCUT2D eigenvalue weighted by Gasteiger charge is -2.32. The van der Waals surface area contributed by atoms with Crippen LogP contribution in [0.25, 0.3) is 11.1 Å². The number of hydrogen-bond donors (Lipinski definition) is 1. The van der Waals surface area contributed by atoms with E-state index >= 15 is 0 Å². The van der Waals surface area contributed by atoms with Crippen LogP contribution in [0.15, 0.2) is 30.3 Å². The number of piperidine rings is 1. The summed E-state index contributed by atoms with van der Waals surface area (Å²) < 4.78 is 0. The van der Waals surface area contributed by atoms with Gasteiger partial charge in [0, 0.05) is 46.3 Å². The molecule has 0 spiro atoms. The summed E-state index contributed by atoms with van der Waals surface area (Å²) in [6.07, 6.45) is 2.39. The molecule has 3 aliphatic heterocycles. The summed E-state index contributed by atoms with van der Waals surface area (Å²) in [5.74, 6) is 0.607. The molecule has 118 valence electrons. The van der Waals surface area contributed by atoms with Crippen molar-refractivity contribution in [1.82, 2.24) is 5.32 Å². The molecular weight excluding hydrogens is 327 g/mol. The summed E-state index contributed by atoms with van der Waals surface area (Å²) in [5.41, 5.74) is 6.74. The number of rotatable bonds is 1. The lowest BCUT2D eigenvalue weighted by Crippen LogP contribution is -2.43. The Hall–Kier alpha value is -1.22. The molecule has 2 atom stereocenters. The molecule has 2 aromatic carbocycles. The zero-order valence-electron chi connectivity index (χ0n) is 12.8. The Labute approximate surface area is 146 Å². The number of hydrogen-bond acceptors (Lipinski definition) is 2. The van der Waals surface area contributed by atoms with Gasteiger partial charge in [0.15, 0.2) is 0 Å². The average Bonchev–Trinajstić information content (AvgIpc) is 3.13. The van der Waals surface area contributed by atoms with Gasteiger partial charge in [-0.3, -0.25) is 0 Å². The molecule has 0 radical (unpaired) electrons. The van der Waals surface area contributed by atoms with E-state index in [1.807, 2.05) is 18.2 Å². The molecule has 1 N–H and O–H groups in total. The first kappa shape index (κ1) is 14.2. The molecule has 2 nitrogen and oxygen atoms in total. The fourth-order valence-electron chi connectivity index (χ4n) is 4.64. The van der Waals surface area contributed by atoms with Crippen LogP contribution < -0.4 is 10.2 Å². The fraction of sp³-hybridized carbons (Fsp3) is 0.368. The Morgan fingerprint density at radius 2 is 2.04 bits per heavy atom. The summed E-state index contributed by atoms with van der Waals surface area (Å²) in [5, 5.41) is 5.07. The van der Waals surface area contributed by atoms with Crippen molar-refractivity contribution < 1.29 is 0 Å². The fourth-order valence-corrected chi connectivity index (χ4v) is 5.03. The first-order chi connectivity index (χ1) is 11.2. The van der Waals surface area contributed by atoms with E-state index in [1.165, 1.54) is 28.8 Å². The van der Waals surface area contributed by atoms with E-state index in [0.29, 0.717) is 12.0 Å². The summed E-state index contributed by atoms with van der Waals surface area (Å²) >= 11 is 12.6. The molecule has 0 bridgehead atoms. The molecule has 0 aliphatic carbocycles. The molecule has 0 amide bonds. The van der Waals surface area contributed by atoms with Crippen molar-refractivity contribution in [2.45, 2.75) is 24.8 Å². The number of benzene rings is 2. The predicted molar refractivity (Wildman–Crippen MR) is 97.0 cm³/mol. The van der Waals surface area contributed by atoms with Crippen LogP contribution in [0.1, 0.15) is 23.5 Å². The third-order valence-corrected chi connectivity index (χ3v) is 6.18. The highest BCUT2D eigenvalue weighted by Gasteiger charge is 2.43. The van der Waals surface area contributed by atoms with Gasteiger partial charge in [0.25, 0.3) is 0 Å². The first-order valence-corrected chi connectivity index (χ1v) is 9.07. The van der Waals surface area contributed by atoms with Gasteiger partial charge in [-0.25, -0.2) is 0 Å². The zero-order chi connectivity index (χ0) is 15.6. The SMILES string of the molecule is Clc1ccc(Cl)c(-c2cc3c4c(c2)[C@@H]2CNCC[C@@H]2N4CC3)c1. The standard InChI is InChI=1S/C19H18Cl2N2/c20-13-1-2-17(21)14(9-13)12-7-11-4-6-23-18-3-5-22-10-16(18)15(8-12)19(11)23/h1-2,7-9,16,18,22H,3-6,10H2/t16-,18-/m0/s1. The second kappa shape index (κ2) is 5.14. The Morgan fingerprint density at radius 1 is 1.13 bits per heavy atom. The van der Waals surface area contributed by atoms with E-state index in [-0.39, 0.29) is 0 Å². The largest absolute Gasteiger partial charge is 0.367 e. The van der Waals surface area contributed by atoms with Crippen molar-refractivity contribution in [3.05, 3.63) is 51.5 Å². The summed E-state index contributed by atoms with van der Waals surface area (Å²) in [4.78, 5) is 2.65. The molecule has 0 saturated carbocycles. The van der Waals surface area contributed by atoms with Crippen LogP contribution in [0.4, 0.5) is 5.69 Å². The van der Waals surface area contributed by atoms with Crippen molar-refractivity contribution in [2.24, 2.45) is 0 Å². The van der Waals surface area contributed by atoms with Crippen LogP contribution in [0.5, 0.6) is 0 Å². The van der Waals surface area contributed by atoms with Crippen LogP contribution in [-0.2, 0) is 6.42 Å². The highest BCUT2D eigenvalue weighted by molar-refractivity contribution is 6.35. The second-order valence-electron chi connectivity index (χ2n) is 6.81. The molecule has 3 heterocycles. The van der Waals surface area contributed by atoms with Gasteiger partial charge in [-0.1, -0.05) is 23.2 Å². The van der Waals surface area contributed by atoms with Crippen LogP contribution in [0.3, 0.4) is 0 Å². The minimum atomic E-state index is 0.607. The molecule has 23 heavy (non-hydrogen) atoms. The molecule has 1 saturated heterocycles. The molecule has 4 heteroatoms. The number of nitrogens with zero attached hydrogens (tertiary/aromatic N) is 1. The van der Waals surface area contributed by atoms with Gasteiger partial charge in [-0.05, 0) is 66.4 Å². The minimum absolute atomic E-state index is 0.607. The summed E-state index contributed by atoms with van der Waals surface area (Å²) in [6.45, 7) is 3.38. The maximum Gasteiger partial charge on any atom is 0.0485 e. The monoisotopic (exact) mass is 344 g/mol. The number of anilines is 1. The molecule has 5 rings (SSSR count). The summed E-state index contributed by atoms with van der Waals surface area (Å²) in [6, 6.07) is 11.1. The lowest BCUT2D eigenvalue weighted by molar-refractivity contribution is 0.405. The quantitative estimate of drug-likeness (QED) is 0.820. The minimum Gasteiger partial charge on any atom is -0.367 e. The molecule has 3 aliphatic rings. The van der Waals surface area contributed by atoms with Crippen LogP contribution in [0, 0.1) is 0 Å². The number of halogens is 2. The van der Waals surface area contributed by atoms with Gasteiger partial charge in [0.2, 0.25) is 0 Å². The molecule has 2 aromatic rings. The highest BCUT2D eigenvalue weighted by Crippen LogP contribution is 2.50. The van der Waals surface area contributed by atoms with Gasteiger partial charge < -0.3 is 10.2 Å². The van der Waals surface area contributed by atoms with Crippen molar-refractivity contribution in [2.75, 3.05) is 24.5 Å². The number of nitrogens with one attached hydrogen (secondary N) is 1. The van der Waals surface area contributed by atoms with Gasteiger partial charge in [-0.2, -0.15) is 0 Å². The highest BCUT2D eigenvalue weighted by atomic mass is 35.5. The van der Waals surface area contributed by atoms with Crippen LogP contribution >= 0.6 is 23.2 Å². The van der Waals surface area contributed by atoms with E-state index in [9.17, 15) is 0 Å². The first-order valence-electron chi connectivity index (χ1n) is 8.32. The third-order valence-electron chi connectivity index (χ3n) is 5.61. The van der Waals surface area contributed by atoms with Crippen LogP contribution in [0.2, 0.25) is 10.0 Å². The topological polar surface area (TPSA) is 15.3 Å². The van der Waals surface area contributed by atoms with E-state index in [2.05, 4.69) is 22.3 Å². The van der Waals surface area contributed by atoms with E-state index in [4.69, 9.17) is 23.2 Å². The maximum absolute atomic E-state index is 6.44. The lowest BCUT2D eigenvalue weighted by atomic mass is 9.87. The van der Waals surface area contributed by atoms with Gasteiger partial charge >= 0.3 is 0 Å². The molecule has 0 aromatic heterocycles. The van der Waals surface area contributed by atoms with Gasteiger partial charge in [0.1, 0.15) is 0 Å². The van der Waals surface area contributed by atoms with E-state index in [0.717, 1.165) is 41.7 Å². The normalized spacial score (nSPS) is 24.7. The molecule has 1 fully saturated rings. The van der Waals surface area contributed by atoms with Crippen molar-refractivity contribution in [1.29, 1.82) is 0 Å². The Morgan fingerprint density at radius 3 is 2.96 bits per heavy atom. The van der Waals surface area contributed by atoms with Gasteiger partial charge in [0.05, 0.1) is 0 Å². The third kappa shape index (κ3) is 2.05. The molecule has 0 unspecified atom stereocenters. The van der Waals surface area contributed by atoms with Crippen LogP contribution in [-0.4, -0.2) is 25.7 Å². The predicted octanol–water partition coefficient (Wildman–Crippen LogP) is 4.48. The summed E-state index contributed by atoms with van der Waals surface area (Å²) in [7, 11) is 0. The second-order valence-corrected chi connectivity index (χ2v) is 7.65. The van der Waals surface area contributed by atoms with Crippen molar-refractivity contribution in [3.8, 4) is 11.1 Å². The van der Waals surface area contributed by atoms with E-state index < -0.39 is 0 Å². The smallest absolute Gasteiger partial charge is 0.0485 e. The maximum atomic E-state index is 6.44. The molecular formula is C19H18Cl2N2. The Bertz CT molecular complexity index is 802. The van der Waals surface area contributed by atoms with Crippen molar-refractivity contribution in [3.63, 3.8) is 0 Å². The Balaban J connectivity index is 1.69.